The maximum atomic E-state index is 12.7. The van der Waals surface area contributed by atoms with Gasteiger partial charge in [0.2, 0.25) is 0 Å². The van der Waals surface area contributed by atoms with Crippen LogP contribution in [0.25, 0.3) is 0 Å². The van der Waals surface area contributed by atoms with Crippen molar-refractivity contribution in [2.24, 2.45) is 0 Å². The third-order valence-electron chi connectivity index (χ3n) is 4.89. The highest BCUT2D eigenvalue weighted by molar-refractivity contribution is 5.95. The van der Waals surface area contributed by atoms with E-state index in [1.165, 1.54) is 0 Å². The van der Waals surface area contributed by atoms with E-state index in [1.807, 2.05) is 46.8 Å². The van der Waals surface area contributed by atoms with Gasteiger partial charge >= 0.3 is 6.09 Å². The van der Waals surface area contributed by atoms with Gasteiger partial charge in [-0.15, -0.1) is 0 Å². The number of carbonyl (C=O) groups excluding carboxylic acids is 2. The Morgan fingerprint density at radius 1 is 1.15 bits per heavy atom. The highest BCUT2D eigenvalue weighted by Crippen LogP contribution is 2.31. The minimum atomic E-state index is -0.485. The summed E-state index contributed by atoms with van der Waals surface area (Å²) in [4.78, 5) is 28.5. The summed E-state index contributed by atoms with van der Waals surface area (Å²) in [7, 11) is 0. The lowest BCUT2D eigenvalue weighted by Crippen LogP contribution is -2.41. The molecule has 6 nitrogen and oxygen atoms in total. The molecule has 0 bridgehead atoms. The summed E-state index contributed by atoms with van der Waals surface area (Å²) >= 11 is 0. The van der Waals surface area contributed by atoms with Crippen molar-refractivity contribution in [1.29, 1.82) is 0 Å². The smallest absolute Gasteiger partial charge is 0.410 e. The highest BCUT2D eigenvalue weighted by atomic mass is 16.6. The number of nitrogens with zero attached hydrogens (tertiary/aromatic N) is 2. The first kappa shape index (κ1) is 21.1. The first-order chi connectivity index (χ1) is 12.6. The minimum absolute atomic E-state index is 0.0136. The lowest BCUT2D eigenvalue weighted by molar-refractivity contribution is 0.0205. The highest BCUT2D eigenvalue weighted by Gasteiger charge is 2.28. The van der Waals surface area contributed by atoms with Crippen LogP contribution in [0.1, 0.15) is 69.3 Å². The van der Waals surface area contributed by atoms with Gasteiger partial charge in [0.05, 0.1) is 0 Å². The van der Waals surface area contributed by atoms with Crippen LogP contribution < -0.4 is 5.73 Å². The van der Waals surface area contributed by atoms with E-state index in [0.717, 1.165) is 18.4 Å². The summed E-state index contributed by atoms with van der Waals surface area (Å²) in [5, 5.41) is 0. The number of hydrogen-bond acceptors (Lipinski definition) is 4. The van der Waals surface area contributed by atoms with Crippen molar-refractivity contribution >= 4 is 17.7 Å². The fraction of sp³-hybridized carbons (Fsp3) is 0.619. The predicted molar refractivity (Wildman–Crippen MR) is 108 cm³/mol. The van der Waals surface area contributed by atoms with Crippen molar-refractivity contribution in [3.63, 3.8) is 0 Å². The van der Waals surface area contributed by atoms with Crippen molar-refractivity contribution in [2.45, 2.75) is 59.0 Å². The van der Waals surface area contributed by atoms with Crippen LogP contribution in [0.5, 0.6) is 0 Å². The molecule has 0 unspecified atom stereocenters. The summed E-state index contributed by atoms with van der Waals surface area (Å²) in [6.07, 6.45) is 1.41. The molecule has 0 saturated carbocycles. The van der Waals surface area contributed by atoms with Crippen molar-refractivity contribution in [3.05, 3.63) is 29.3 Å². The average molecular weight is 376 g/mol. The fourth-order valence-corrected chi connectivity index (χ4v) is 3.45. The molecule has 1 aromatic carbocycles. The van der Waals surface area contributed by atoms with Crippen molar-refractivity contribution in [2.75, 3.05) is 31.9 Å². The lowest BCUT2D eigenvalue weighted by Gasteiger charge is -2.33. The van der Waals surface area contributed by atoms with Crippen molar-refractivity contribution in [3.8, 4) is 0 Å². The number of nitrogen functional groups attached to an aromatic ring is 1. The topological polar surface area (TPSA) is 75.9 Å². The molecular formula is C21H33N3O3. The molecule has 1 aliphatic rings. The molecule has 1 aromatic rings. The zero-order chi connectivity index (χ0) is 20.2. The molecule has 1 aliphatic heterocycles. The second-order valence-corrected chi connectivity index (χ2v) is 8.11. The zero-order valence-electron chi connectivity index (χ0n) is 17.2. The molecule has 1 saturated heterocycles. The monoisotopic (exact) mass is 375 g/mol. The zero-order valence-corrected chi connectivity index (χ0v) is 17.2. The number of benzene rings is 1. The Bertz CT molecular complexity index is 670. The Morgan fingerprint density at radius 3 is 2.26 bits per heavy atom. The number of likely N-dealkylation sites (tertiary alicyclic amines) is 1. The molecule has 1 fully saturated rings. The van der Waals surface area contributed by atoms with E-state index in [2.05, 4.69) is 0 Å². The molecule has 0 aliphatic carbocycles. The minimum Gasteiger partial charge on any atom is -0.444 e. The van der Waals surface area contributed by atoms with E-state index in [0.29, 0.717) is 37.4 Å². The molecule has 0 aromatic heterocycles. The number of rotatable bonds is 4. The van der Waals surface area contributed by atoms with Crippen LogP contribution in [0.2, 0.25) is 0 Å². The van der Waals surface area contributed by atoms with Gasteiger partial charge in [-0.05, 0) is 77.1 Å². The molecule has 150 valence electrons. The molecular weight excluding hydrogens is 342 g/mol. The molecule has 0 atom stereocenters. The average Bonchev–Trinajstić information content (AvgIpc) is 2.61. The van der Waals surface area contributed by atoms with Gasteiger partial charge in [-0.1, -0.05) is 0 Å². The van der Waals surface area contributed by atoms with Gasteiger partial charge in [0.15, 0.2) is 0 Å². The van der Waals surface area contributed by atoms with Gasteiger partial charge in [-0.25, -0.2) is 4.79 Å². The standard InChI is InChI=1S/C21H33N3O3/c1-6-23(7-2)19(25)17-12-16(13-18(22)14-17)15-8-10-24(11-9-15)20(26)27-21(3,4)5/h12-15H,6-11,22H2,1-5H3. The molecule has 1 heterocycles. The van der Waals surface area contributed by atoms with Gasteiger partial charge in [0, 0.05) is 37.4 Å². The summed E-state index contributed by atoms with van der Waals surface area (Å²) in [5.74, 6) is 0.301. The van der Waals surface area contributed by atoms with E-state index in [-0.39, 0.29) is 17.9 Å². The van der Waals surface area contributed by atoms with E-state index in [9.17, 15) is 9.59 Å². The molecule has 0 spiro atoms. The van der Waals surface area contributed by atoms with E-state index in [1.54, 1.807) is 15.9 Å². The number of piperidine rings is 1. The van der Waals surface area contributed by atoms with Crippen LogP contribution in [0.3, 0.4) is 0 Å². The third kappa shape index (κ3) is 5.62. The molecule has 2 rings (SSSR count). The second-order valence-electron chi connectivity index (χ2n) is 8.11. The third-order valence-corrected chi connectivity index (χ3v) is 4.89. The number of hydrogen-bond donors (Lipinski definition) is 1. The van der Waals surface area contributed by atoms with Gasteiger partial charge in [-0.3, -0.25) is 4.79 Å². The summed E-state index contributed by atoms with van der Waals surface area (Å²) < 4.78 is 5.46. The van der Waals surface area contributed by atoms with Crippen molar-refractivity contribution < 1.29 is 14.3 Å². The maximum absolute atomic E-state index is 12.7. The van der Waals surface area contributed by atoms with E-state index >= 15 is 0 Å². The number of nitrogens with two attached hydrogens (primary N) is 1. The van der Waals surface area contributed by atoms with Gasteiger partial charge < -0.3 is 20.3 Å². The van der Waals surface area contributed by atoms with Crippen LogP contribution >= 0.6 is 0 Å². The molecule has 2 amide bonds. The Morgan fingerprint density at radius 2 is 1.74 bits per heavy atom. The Hall–Kier alpha value is -2.24. The maximum Gasteiger partial charge on any atom is 0.410 e. The van der Waals surface area contributed by atoms with Gasteiger partial charge in [-0.2, -0.15) is 0 Å². The first-order valence-electron chi connectivity index (χ1n) is 9.82. The normalized spacial score (nSPS) is 15.5. The predicted octanol–water partition coefficient (Wildman–Crippen LogP) is 3.87. The summed E-state index contributed by atoms with van der Waals surface area (Å²) in [5.41, 5.74) is 7.92. The Balaban J connectivity index is 2.08. The largest absolute Gasteiger partial charge is 0.444 e. The number of carbonyl (C=O) groups is 2. The molecule has 2 N–H and O–H groups in total. The Labute approximate surface area is 162 Å². The summed E-state index contributed by atoms with van der Waals surface area (Å²) in [6, 6.07) is 5.66. The van der Waals surface area contributed by atoms with Crippen LogP contribution in [-0.2, 0) is 4.74 Å². The van der Waals surface area contributed by atoms with Crippen LogP contribution in [0.15, 0.2) is 18.2 Å². The second kappa shape index (κ2) is 8.63. The van der Waals surface area contributed by atoms with E-state index < -0.39 is 5.60 Å². The molecule has 0 radical (unpaired) electrons. The fourth-order valence-electron chi connectivity index (χ4n) is 3.45. The van der Waals surface area contributed by atoms with Crippen LogP contribution in [0.4, 0.5) is 10.5 Å². The Kier molecular flexibility index (Phi) is 6.73. The molecule has 27 heavy (non-hydrogen) atoms. The van der Waals surface area contributed by atoms with Crippen LogP contribution in [0, 0.1) is 0 Å². The van der Waals surface area contributed by atoms with Gasteiger partial charge in [0.25, 0.3) is 5.91 Å². The lowest BCUT2D eigenvalue weighted by atomic mass is 9.88. The number of amides is 2. The first-order valence-corrected chi connectivity index (χ1v) is 9.82. The van der Waals surface area contributed by atoms with E-state index in [4.69, 9.17) is 10.5 Å². The molecule has 6 heteroatoms. The quantitative estimate of drug-likeness (QED) is 0.811. The SMILES string of the molecule is CCN(CC)C(=O)c1cc(N)cc(C2CCN(C(=O)OC(C)(C)C)CC2)c1. The number of ether oxygens (including phenoxy) is 1. The van der Waals surface area contributed by atoms with Crippen LogP contribution in [-0.4, -0.2) is 53.6 Å². The van der Waals surface area contributed by atoms with Crippen molar-refractivity contribution in [1.82, 2.24) is 9.80 Å². The number of anilines is 1. The summed E-state index contributed by atoms with van der Waals surface area (Å²) in [6.45, 7) is 12.2. The van der Waals surface area contributed by atoms with Gasteiger partial charge in [0.1, 0.15) is 5.60 Å².